The van der Waals surface area contributed by atoms with Crippen molar-refractivity contribution >= 4 is 18.0 Å². The van der Waals surface area contributed by atoms with E-state index in [1.165, 1.54) is 12.1 Å². The van der Waals surface area contributed by atoms with Gasteiger partial charge in [-0.15, -0.1) is 0 Å². The predicted molar refractivity (Wildman–Crippen MR) is 155 cm³/mol. The zero-order valence-electron chi connectivity index (χ0n) is 24.3. The van der Waals surface area contributed by atoms with Crippen molar-refractivity contribution in [3.05, 3.63) is 71.7 Å². The second kappa shape index (κ2) is 13.0. The third-order valence-corrected chi connectivity index (χ3v) is 6.84. The van der Waals surface area contributed by atoms with Crippen LogP contribution in [0.25, 0.3) is 17.3 Å². The number of esters is 1. The Morgan fingerprint density at radius 3 is 2.29 bits per heavy atom. The summed E-state index contributed by atoms with van der Waals surface area (Å²) in [6.07, 6.45) is 7.42. The average molecular weight is 564 g/mol. The lowest BCUT2D eigenvalue weighted by Gasteiger charge is -2.21. The smallest absolute Gasteiger partial charge is 0.308 e. The fourth-order valence-corrected chi connectivity index (χ4v) is 5.00. The van der Waals surface area contributed by atoms with Gasteiger partial charge in [0.2, 0.25) is 0 Å². The van der Waals surface area contributed by atoms with Crippen LogP contribution in [-0.4, -0.2) is 47.5 Å². The van der Waals surface area contributed by atoms with Crippen LogP contribution in [0.5, 0.6) is 11.5 Å². The van der Waals surface area contributed by atoms with E-state index in [1.54, 1.807) is 65.3 Å². The molecule has 1 aliphatic carbocycles. The van der Waals surface area contributed by atoms with E-state index < -0.39 is 23.5 Å². The molecule has 1 saturated carbocycles. The number of ether oxygens (including phenoxy) is 3. The number of carbonyl (C=O) groups excluding carboxylic acids is 2. The normalized spacial score (nSPS) is 14.7. The molecule has 0 aliphatic heterocycles. The average Bonchev–Trinajstić information content (AvgIpc) is 3.61. The van der Waals surface area contributed by atoms with Crippen LogP contribution in [0.2, 0.25) is 0 Å². The van der Waals surface area contributed by atoms with E-state index in [9.17, 15) is 14.0 Å². The van der Waals surface area contributed by atoms with Crippen molar-refractivity contribution in [2.45, 2.75) is 70.6 Å². The Morgan fingerprint density at radius 1 is 1.07 bits per heavy atom. The highest BCUT2D eigenvalue weighted by Crippen LogP contribution is 2.41. The Bertz CT molecular complexity index is 1360. The van der Waals surface area contributed by atoms with Crippen LogP contribution in [0.15, 0.2) is 54.6 Å². The van der Waals surface area contributed by atoms with Gasteiger partial charge in [-0.2, -0.15) is 5.10 Å². The number of nitrogens with zero attached hydrogens (tertiary/aromatic N) is 2. The minimum atomic E-state index is -0.691. The van der Waals surface area contributed by atoms with Crippen LogP contribution < -0.4 is 14.8 Å². The fourth-order valence-electron chi connectivity index (χ4n) is 5.00. The highest BCUT2D eigenvalue weighted by molar-refractivity contribution is 5.94. The van der Waals surface area contributed by atoms with Gasteiger partial charge < -0.3 is 19.5 Å². The number of amides is 1. The maximum atomic E-state index is 13.6. The minimum Gasteiger partial charge on any atom is -0.496 e. The first-order valence-corrected chi connectivity index (χ1v) is 13.9. The van der Waals surface area contributed by atoms with Gasteiger partial charge in [0.05, 0.1) is 44.0 Å². The third kappa shape index (κ3) is 7.74. The number of halogens is 1. The maximum absolute atomic E-state index is 13.6. The SMILES string of the molecule is COc1cccc(OC)c1-c1cc(C(=O)NC(/C=C/c2ccc(F)cc2)CC(=O)OC(C)(C)C)nn1C1CCCC1. The molecule has 1 heterocycles. The quantitative estimate of drug-likeness (QED) is 0.289. The van der Waals surface area contributed by atoms with Gasteiger partial charge in [-0.05, 0) is 69.5 Å². The Hall–Kier alpha value is -4.14. The molecular formula is C32H38FN3O5. The fraction of sp³-hybridized carbons (Fsp3) is 0.406. The van der Waals surface area contributed by atoms with Crippen molar-refractivity contribution in [2.75, 3.05) is 14.2 Å². The Labute approximate surface area is 240 Å². The number of rotatable bonds is 10. The monoisotopic (exact) mass is 563 g/mol. The Morgan fingerprint density at radius 2 is 1.71 bits per heavy atom. The van der Waals surface area contributed by atoms with Gasteiger partial charge in [-0.25, -0.2) is 4.39 Å². The lowest BCUT2D eigenvalue weighted by molar-refractivity contribution is -0.155. The number of methoxy groups -OCH3 is 2. The van der Waals surface area contributed by atoms with E-state index in [1.807, 2.05) is 22.9 Å². The van der Waals surface area contributed by atoms with Crippen LogP contribution >= 0.6 is 0 Å². The molecule has 1 fully saturated rings. The summed E-state index contributed by atoms with van der Waals surface area (Å²) in [5, 5.41) is 7.68. The molecule has 41 heavy (non-hydrogen) atoms. The van der Waals surface area contributed by atoms with Crippen molar-refractivity contribution < 1.29 is 28.2 Å². The third-order valence-electron chi connectivity index (χ3n) is 6.84. The maximum Gasteiger partial charge on any atom is 0.308 e. The molecule has 1 N–H and O–H groups in total. The molecule has 0 saturated heterocycles. The largest absolute Gasteiger partial charge is 0.496 e. The van der Waals surface area contributed by atoms with Crippen LogP contribution in [0, 0.1) is 5.82 Å². The summed E-state index contributed by atoms with van der Waals surface area (Å²) in [5.41, 5.74) is 1.71. The second-order valence-electron chi connectivity index (χ2n) is 11.1. The van der Waals surface area contributed by atoms with Gasteiger partial charge in [-0.3, -0.25) is 14.3 Å². The second-order valence-corrected chi connectivity index (χ2v) is 11.1. The summed E-state index contributed by atoms with van der Waals surface area (Å²) in [7, 11) is 3.19. The van der Waals surface area contributed by atoms with E-state index in [0.29, 0.717) is 11.5 Å². The predicted octanol–water partition coefficient (Wildman–Crippen LogP) is 6.37. The van der Waals surface area contributed by atoms with Crippen molar-refractivity contribution in [3.8, 4) is 22.8 Å². The first-order valence-electron chi connectivity index (χ1n) is 13.9. The molecule has 9 heteroatoms. The van der Waals surface area contributed by atoms with Crippen LogP contribution in [-0.2, 0) is 9.53 Å². The van der Waals surface area contributed by atoms with Gasteiger partial charge in [-0.1, -0.05) is 43.2 Å². The first kappa shape index (κ1) is 29.8. The lowest BCUT2D eigenvalue weighted by Crippen LogP contribution is -2.37. The summed E-state index contributed by atoms with van der Waals surface area (Å²) in [6, 6.07) is 12.7. The molecule has 1 aliphatic rings. The molecule has 4 rings (SSSR count). The molecule has 1 unspecified atom stereocenters. The molecule has 3 aromatic rings. The number of hydrogen-bond acceptors (Lipinski definition) is 6. The first-order chi connectivity index (χ1) is 19.6. The van der Waals surface area contributed by atoms with Crippen LogP contribution in [0.3, 0.4) is 0 Å². The zero-order valence-corrected chi connectivity index (χ0v) is 24.3. The van der Waals surface area contributed by atoms with Gasteiger partial charge >= 0.3 is 5.97 Å². The zero-order chi connectivity index (χ0) is 29.6. The van der Waals surface area contributed by atoms with Gasteiger partial charge in [0, 0.05) is 0 Å². The molecule has 0 radical (unpaired) electrons. The van der Waals surface area contributed by atoms with E-state index in [-0.39, 0.29) is 24.0 Å². The van der Waals surface area contributed by atoms with Crippen molar-refractivity contribution in [1.82, 2.24) is 15.1 Å². The summed E-state index contributed by atoms with van der Waals surface area (Å²) in [5.74, 6) is -0.0151. The van der Waals surface area contributed by atoms with E-state index >= 15 is 0 Å². The van der Waals surface area contributed by atoms with E-state index in [4.69, 9.17) is 19.3 Å². The Kier molecular flexibility index (Phi) is 9.47. The molecule has 1 aromatic heterocycles. The molecular weight excluding hydrogens is 525 g/mol. The summed E-state index contributed by atoms with van der Waals surface area (Å²) in [6.45, 7) is 5.36. The number of nitrogens with one attached hydrogen (secondary N) is 1. The molecule has 0 spiro atoms. The number of benzene rings is 2. The van der Waals surface area contributed by atoms with Crippen LogP contribution in [0.1, 0.15) is 75.0 Å². The topological polar surface area (TPSA) is 91.7 Å². The van der Waals surface area contributed by atoms with E-state index in [2.05, 4.69) is 5.32 Å². The van der Waals surface area contributed by atoms with Crippen molar-refractivity contribution in [2.24, 2.45) is 0 Å². The molecule has 218 valence electrons. The van der Waals surface area contributed by atoms with Gasteiger partial charge in [0.25, 0.3) is 5.91 Å². The van der Waals surface area contributed by atoms with Crippen LogP contribution in [0.4, 0.5) is 4.39 Å². The Balaban J connectivity index is 1.67. The molecule has 1 amide bonds. The molecule has 8 nitrogen and oxygen atoms in total. The highest BCUT2D eigenvalue weighted by Gasteiger charge is 2.28. The van der Waals surface area contributed by atoms with Gasteiger partial charge in [0.15, 0.2) is 5.69 Å². The molecule has 1 atom stereocenters. The lowest BCUT2D eigenvalue weighted by atomic mass is 10.1. The van der Waals surface area contributed by atoms with Gasteiger partial charge in [0.1, 0.15) is 22.9 Å². The van der Waals surface area contributed by atoms with Crippen molar-refractivity contribution in [3.63, 3.8) is 0 Å². The summed E-state index contributed by atoms with van der Waals surface area (Å²) >= 11 is 0. The number of aromatic nitrogens is 2. The number of hydrogen-bond donors (Lipinski definition) is 1. The van der Waals surface area contributed by atoms with Crippen molar-refractivity contribution in [1.29, 1.82) is 0 Å². The molecule has 2 aromatic carbocycles. The summed E-state index contributed by atoms with van der Waals surface area (Å²) < 4.78 is 32.1. The minimum absolute atomic E-state index is 0.0861. The summed E-state index contributed by atoms with van der Waals surface area (Å²) in [4.78, 5) is 26.3. The standard InChI is InChI=1S/C32H38FN3O5/c1-32(2,3)41-29(37)19-23(18-15-21-13-16-22(33)17-14-21)34-31(38)25-20-26(36(35-25)24-9-6-7-10-24)30-27(39-4)11-8-12-28(30)40-5/h8,11-18,20,23-24H,6-7,9-10,19H2,1-5H3,(H,34,38)/b18-15+. The molecule has 0 bridgehead atoms. The highest BCUT2D eigenvalue weighted by atomic mass is 19.1. The van der Waals surface area contributed by atoms with E-state index in [0.717, 1.165) is 42.5 Å². The number of carbonyl (C=O) groups is 2.